The zero-order valence-electron chi connectivity index (χ0n) is 13.7. The van der Waals surface area contributed by atoms with Crippen LogP contribution in [-0.4, -0.2) is 43.9 Å². The number of aromatic carboxylic acids is 1. The number of carboxylic acid groups (broad SMARTS) is 1. The molecule has 0 saturated carbocycles. The van der Waals surface area contributed by atoms with Gasteiger partial charge in [-0.1, -0.05) is 5.21 Å². The number of amides is 1. The molecule has 0 bridgehead atoms. The fourth-order valence-corrected chi connectivity index (χ4v) is 2.46. The first kappa shape index (κ1) is 16.4. The summed E-state index contributed by atoms with van der Waals surface area (Å²) >= 11 is 0. The molecule has 1 amide bonds. The summed E-state index contributed by atoms with van der Waals surface area (Å²) in [4.78, 5) is 25.0. The summed E-state index contributed by atoms with van der Waals surface area (Å²) in [6.45, 7) is 1.76. The second-order valence-corrected chi connectivity index (χ2v) is 5.54. The van der Waals surface area contributed by atoms with E-state index in [1.165, 1.54) is 11.0 Å². The first-order chi connectivity index (χ1) is 12.0. The molecule has 2 aromatic heterocycles. The summed E-state index contributed by atoms with van der Waals surface area (Å²) in [6, 6.07) is 8.39. The standard InChI is InChI=1S/C17H16N4O4/c1-11-15(17(23)24)9-14(25-11)10-20(2)16(22)12-3-5-13(6-4-12)21-8-7-18-19-21/h3-9H,10H2,1-2H3,(H,23,24). The molecule has 0 radical (unpaired) electrons. The first-order valence-electron chi connectivity index (χ1n) is 7.50. The lowest BCUT2D eigenvalue weighted by atomic mass is 10.2. The molecule has 0 saturated heterocycles. The highest BCUT2D eigenvalue weighted by atomic mass is 16.4. The van der Waals surface area contributed by atoms with E-state index in [2.05, 4.69) is 10.3 Å². The van der Waals surface area contributed by atoms with E-state index in [0.29, 0.717) is 17.1 Å². The van der Waals surface area contributed by atoms with E-state index in [-0.39, 0.29) is 18.0 Å². The molecule has 3 aromatic rings. The van der Waals surface area contributed by atoms with E-state index in [4.69, 9.17) is 9.52 Å². The zero-order valence-corrected chi connectivity index (χ0v) is 13.7. The fourth-order valence-electron chi connectivity index (χ4n) is 2.46. The number of aromatic nitrogens is 3. The summed E-state index contributed by atoms with van der Waals surface area (Å²) in [5.41, 5.74) is 1.41. The Morgan fingerprint density at radius 2 is 2.00 bits per heavy atom. The SMILES string of the molecule is Cc1oc(CN(C)C(=O)c2ccc(-n3ccnn3)cc2)cc1C(=O)O. The van der Waals surface area contributed by atoms with Crippen molar-refractivity contribution in [2.75, 3.05) is 7.05 Å². The lowest BCUT2D eigenvalue weighted by Crippen LogP contribution is -2.26. The second-order valence-electron chi connectivity index (χ2n) is 5.54. The Balaban J connectivity index is 1.72. The maximum atomic E-state index is 12.5. The number of benzene rings is 1. The molecule has 0 aliphatic carbocycles. The number of hydrogen-bond donors (Lipinski definition) is 1. The summed E-state index contributed by atoms with van der Waals surface area (Å²) < 4.78 is 7.00. The van der Waals surface area contributed by atoms with Gasteiger partial charge in [-0.05, 0) is 37.3 Å². The van der Waals surface area contributed by atoms with Gasteiger partial charge in [0.2, 0.25) is 0 Å². The van der Waals surface area contributed by atoms with Gasteiger partial charge in [0, 0.05) is 12.6 Å². The highest BCUT2D eigenvalue weighted by Crippen LogP contribution is 2.17. The molecule has 1 aromatic carbocycles. The van der Waals surface area contributed by atoms with E-state index < -0.39 is 5.97 Å². The summed E-state index contributed by atoms with van der Waals surface area (Å²) in [7, 11) is 1.63. The van der Waals surface area contributed by atoms with Gasteiger partial charge >= 0.3 is 5.97 Å². The lowest BCUT2D eigenvalue weighted by molar-refractivity contribution is 0.0694. The van der Waals surface area contributed by atoms with Crippen LogP contribution in [0.15, 0.2) is 47.1 Å². The smallest absolute Gasteiger partial charge is 0.339 e. The number of furan rings is 1. The van der Waals surface area contributed by atoms with Gasteiger partial charge in [-0.3, -0.25) is 4.79 Å². The van der Waals surface area contributed by atoms with Gasteiger partial charge in [0.15, 0.2) is 0 Å². The van der Waals surface area contributed by atoms with Crippen molar-refractivity contribution in [2.45, 2.75) is 13.5 Å². The van der Waals surface area contributed by atoms with Gasteiger partial charge in [-0.25, -0.2) is 9.48 Å². The van der Waals surface area contributed by atoms with E-state index in [9.17, 15) is 9.59 Å². The van der Waals surface area contributed by atoms with Crippen LogP contribution in [0.2, 0.25) is 0 Å². The molecule has 0 spiro atoms. The number of rotatable bonds is 5. The molecule has 25 heavy (non-hydrogen) atoms. The summed E-state index contributed by atoms with van der Waals surface area (Å²) in [5.74, 6) is -0.508. The van der Waals surface area contributed by atoms with Crippen LogP contribution in [0.1, 0.15) is 32.2 Å². The molecule has 2 heterocycles. The molecular weight excluding hydrogens is 324 g/mol. The predicted octanol–water partition coefficient (Wildman–Crippen LogP) is 2.14. The van der Waals surface area contributed by atoms with Crippen LogP contribution >= 0.6 is 0 Å². The molecule has 1 N–H and O–H groups in total. The molecule has 8 heteroatoms. The molecular formula is C17H16N4O4. The molecule has 0 unspecified atom stereocenters. The summed E-state index contributed by atoms with van der Waals surface area (Å²) in [6.07, 6.45) is 3.28. The number of hydrogen-bond acceptors (Lipinski definition) is 5. The Bertz CT molecular complexity index is 897. The van der Waals surface area contributed by atoms with Gasteiger partial charge in [0.1, 0.15) is 17.1 Å². The Morgan fingerprint density at radius 1 is 1.28 bits per heavy atom. The van der Waals surface area contributed by atoms with Gasteiger partial charge in [-0.2, -0.15) is 0 Å². The third-order valence-corrected chi connectivity index (χ3v) is 3.74. The van der Waals surface area contributed by atoms with Crippen molar-refractivity contribution >= 4 is 11.9 Å². The van der Waals surface area contributed by atoms with Crippen LogP contribution in [0.3, 0.4) is 0 Å². The largest absolute Gasteiger partial charge is 0.478 e. The highest BCUT2D eigenvalue weighted by Gasteiger charge is 2.18. The third-order valence-electron chi connectivity index (χ3n) is 3.74. The van der Waals surface area contributed by atoms with Gasteiger partial charge in [-0.15, -0.1) is 5.10 Å². The van der Waals surface area contributed by atoms with Crippen LogP contribution < -0.4 is 0 Å². The van der Waals surface area contributed by atoms with Crippen LogP contribution in [-0.2, 0) is 6.54 Å². The van der Waals surface area contributed by atoms with E-state index in [1.807, 2.05) is 0 Å². The summed E-state index contributed by atoms with van der Waals surface area (Å²) in [5, 5.41) is 16.7. The molecule has 0 aliphatic rings. The quantitative estimate of drug-likeness (QED) is 0.763. The minimum Gasteiger partial charge on any atom is -0.478 e. The van der Waals surface area contributed by atoms with Gasteiger partial charge < -0.3 is 14.4 Å². The lowest BCUT2D eigenvalue weighted by Gasteiger charge is -2.16. The number of aryl methyl sites for hydroxylation is 1. The van der Waals surface area contributed by atoms with Crippen molar-refractivity contribution in [3.63, 3.8) is 0 Å². The van der Waals surface area contributed by atoms with Crippen LogP contribution in [0.5, 0.6) is 0 Å². The molecule has 0 atom stereocenters. The van der Waals surface area contributed by atoms with E-state index in [0.717, 1.165) is 5.69 Å². The minimum absolute atomic E-state index is 0.105. The van der Waals surface area contributed by atoms with Crippen molar-refractivity contribution < 1.29 is 19.1 Å². The van der Waals surface area contributed by atoms with Crippen molar-refractivity contribution in [1.29, 1.82) is 0 Å². The van der Waals surface area contributed by atoms with Crippen LogP contribution in [0.25, 0.3) is 5.69 Å². The average Bonchev–Trinajstić information content (AvgIpc) is 3.24. The minimum atomic E-state index is -1.05. The fraction of sp³-hybridized carbons (Fsp3) is 0.176. The zero-order chi connectivity index (χ0) is 18.0. The number of carboxylic acids is 1. The first-order valence-corrected chi connectivity index (χ1v) is 7.50. The average molecular weight is 340 g/mol. The maximum absolute atomic E-state index is 12.5. The van der Waals surface area contributed by atoms with Crippen molar-refractivity contribution in [3.8, 4) is 5.69 Å². The van der Waals surface area contributed by atoms with Crippen LogP contribution in [0, 0.1) is 6.92 Å². The molecule has 8 nitrogen and oxygen atoms in total. The Labute approximate surface area is 143 Å². The number of carbonyl (C=O) groups excluding carboxylic acids is 1. The number of nitrogens with zero attached hydrogens (tertiary/aromatic N) is 4. The maximum Gasteiger partial charge on any atom is 0.339 e. The Morgan fingerprint density at radius 3 is 2.56 bits per heavy atom. The van der Waals surface area contributed by atoms with Gasteiger partial charge in [0.05, 0.1) is 24.6 Å². The van der Waals surface area contributed by atoms with Crippen molar-refractivity contribution in [1.82, 2.24) is 19.9 Å². The normalized spacial score (nSPS) is 10.6. The second kappa shape index (κ2) is 6.60. The number of carbonyl (C=O) groups is 2. The predicted molar refractivity (Wildman–Crippen MR) is 87.6 cm³/mol. The van der Waals surface area contributed by atoms with Crippen LogP contribution in [0.4, 0.5) is 0 Å². The van der Waals surface area contributed by atoms with E-state index >= 15 is 0 Å². The van der Waals surface area contributed by atoms with E-state index in [1.54, 1.807) is 55.3 Å². The monoisotopic (exact) mass is 340 g/mol. The molecule has 128 valence electrons. The molecule has 0 aliphatic heterocycles. The highest BCUT2D eigenvalue weighted by molar-refractivity contribution is 5.94. The van der Waals surface area contributed by atoms with Crippen molar-refractivity contribution in [3.05, 3.63) is 65.4 Å². The Hall–Kier alpha value is -3.42. The topological polar surface area (TPSA) is 101 Å². The van der Waals surface area contributed by atoms with Gasteiger partial charge in [0.25, 0.3) is 5.91 Å². The molecule has 0 fully saturated rings. The Kier molecular flexibility index (Phi) is 4.34. The molecule has 3 rings (SSSR count). The third kappa shape index (κ3) is 3.42. The van der Waals surface area contributed by atoms with Crippen molar-refractivity contribution in [2.24, 2.45) is 0 Å².